The number of carbonyl (C=O) groups is 3. The summed E-state index contributed by atoms with van der Waals surface area (Å²) < 4.78 is 5.17. The lowest BCUT2D eigenvalue weighted by Gasteiger charge is -2.30. The Hall–Kier alpha value is -1.67. The lowest BCUT2D eigenvalue weighted by Crippen LogP contribution is -2.33. The highest BCUT2D eigenvalue weighted by molar-refractivity contribution is 5.75. The van der Waals surface area contributed by atoms with Gasteiger partial charge in [0.15, 0.2) is 0 Å². The molecule has 150 valence electrons. The molecule has 0 aromatic carbocycles. The van der Waals surface area contributed by atoms with Crippen molar-refractivity contribution in [2.24, 2.45) is 23.2 Å². The van der Waals surface area contributed by atoms with Crippen LogP contribution in [0, 0.1) is 23.2 Å². The molecular formula is C18H30O8. The number of ether oxygens (including phenoxy) is 1. The molecule has 0 aromatic heterocycles. The van der Waals surface area contributed by atoms with Crippen LogP contribution in [-0.4, -0.2) is 47.9 Å². The van der Waals surface area contributed by atoms with Crippen LogP contribution in [0.5, 0.6) is 0 Å². The topological polar surface area (TPSA) is 119 Å². The second-order valence-corrected chi connectivity index (χ2v) is 7.48. The fourth-order valence-corrected chi connectivity index (χ4v) is 2.80. The molecule has 8 heteroatoms. The molecule has 2 atom stereocenters. The zero-order valence-corrected chi connectivity index (χ0v) is 15.7. The molecule has 1 aliphatic rings. The van der Waals surface area contributed by atoms with Gasteiger partial charge in [0.05, 0.1) is 37.1 Å². The summed E-state index contributed by atoms with van der Waals surface area (Å²) in [5, 5.41) is 18.3. The van der Waals surface area contributed by atoms with Crippen LogP contribution in [0.3, 0.4) is 0 Å². The molecule has 8 nitrogen and oxygen atoms in total. The molecule has 26 heavy (non-hydrogen) atoms. The maximum Gasteiger partial charge on any atom is 0.311 e. The minimum absolute atomic E-state index is 0.149. The molecule has 2 unspecified atom stereocenters. The van der Waals surface area contributed by atoms with Crippen LogP contribution in [0.25, 0.3) is 0 Å². The Bertz CT molecular complexity index is 466. The Kier molecular flexibility index (Phi) is 9.01. The van der Waals surface area contributed by atoms with E-state index in [4.69, 9.17) is 24.7 Å². The van der Waals surface area contributed by atoms with Crippen LogP contribution in [0.2, 0.25) is 0 Å². The molecule has 0 aromatic rings. The van der Waals surface area contributed by atoms with Gasteiger partial charge in [-0.15, -0.1) is 0 Å². The number of carbonyl (C=O) groups excluding carboxylic acids is 1. The predicted molar refractivity (Wildman–Crippen MR) is 91.1 cm³/mol. The molecule has 2 N–H and O–H groups in total. The first kappa shape index (κ1) is 22.4. The molecule has 1 rings (SSSR count). The summed E-state index contributed by atoms with van der Waals surface area (Å²) in [4.78, 5) is 44.2. The van der Waals surface area contributed by atoms with Gasteiger partial charge in [0.25, 0.3) is 0 Å². The average Bonchev–Trinajstić information content (AvgIpc) is 2.60. The fourth-order valence-electron chi connectivity index (χ4n) is 2.80. The highest BCUT2D eigenvalue weighted by Gasteiger charge is 2.36. The predicted octanol–water partition coefficient (Wildman–Crippen LogP) is 2.51. The molecule has 0 saturated heterocycles. The van der Waals surface area contributed by atoms with Crippen LogP contribution in [0.1, 0.15) is 52.9 Å². The Balaban J connectivity index is 2.21. The van der Waals surface area contributed by atoms with E-state index in [0.717, 1.165) is 0 Å². The maximum atomic E-state index is 11.8. The average molecular weight is 374 g/mol. The van der Waals surface area contributed by atoms with E-state index in [0.29, 0.717) is 25.7 Å². The van der Waals surface area contributed by atoms with Crippen molar-refractivity contribution < 1.29 is 39.1 Å². The molecule has 1 saturated carbocycles. The van der Waals surface area contributed by atoms with E-state index in [1.165, 1.54) is 0 Å². The van der Waals surface area contributed by atoms with Gasteiger partial charge in [0.1, 0.15) is 0 Å². The standard InChI is InChI=1S/C18H30O8/c1-4-18(2,3)17(23)24-6-5-7-25-26-11-12-8-13(15(19)20)10-14(9-12)16(21)22/h12-14H,4-11H2,1-3H3,(H,19,20)(H,21,22). The summed E-state index contributed by atoms with van der Waals surface area (Å²) in [6.45, 7) is 6.19. The van der Waals surface area contributed by atoms with E-state index in [1.54, 1.807) is 0 Å². The highest BCUT2D eigenvalue weighted by Crippen LogP contribution is 2.34. The van der Waals surface area contributed by atoms with Gasteiger partial charge in [-0.25, -0.2) is 9.78 Å². The monoisotopic (exact) mass is 374 g/mol. The first-order valence-electron chi connectivity index (χ1n) is 9.04. The fraction of sp³-hybridized carbons (Fsp3) is 0.833. The van der Waals surface area contributed by atoms with Crippen molar-refractivity contribution >= 4 is 17.9 Å². The molecule has 0 bridgehead atoms. The number of esters is 1. The van der Waals surface area contributed by atoms with Gasteiger partial charge in [-0.2, -0.15) is 0 Å². The third kappa shape index (κ3) is 7.29. The molecular weight excluding hydrogens is 344 g/mol. The lowest BCUT2D eigenvalue weighted by molar-refractivity contribution is -0.304. The second kappa shape index (κ2) is 10.5. The van der Waals surface area contributed by atoms with Crippen LogP contribution < -0.4 is 0 Å². The van der Waals surface area contributed by atoms with Crippen LogP contribution in [0.4, 0.5) is 0 Å². The molecule has 1 fully saturated rings. The van der Waals surface area contributed by atoms with Gasteiger partial charge >= 0.3 is 17.9 Å². The van der Waals surface area contributed by atoms with Crippen LogP contribution >= 0.6 is 0 Å². The largest absolute Gasteiger partial charge is 0.481 e. The van der Waals surface area contributed by atoms with Gasteiger partial charge in [0, 0.05) is 6.42 Å². The third-order valence-electron chi connectivity index (χ3n) is 4.93. The summed E-state index contributed by atoms with van der Waals surface area (Å²) in [6, 6.07) is 0. The number of carboxylic acid groups (broad SMARTS) is 2. The highest BCUT2D eigenvalue weighted by atomic mass is 17.2. The normalized spacial score (nSPS) is 23.4. The summed E-state index contributed by atoms with van der Waals surface area (Å²) >= 11 is 0. The summed E-state index contributed by atoms with van der Waals surface area (Å²) in [5.74, 6) is -3.70. The van der Waals surface area contributed by atoms with Crippen molar-refractivity contribution in [3.8, 4) is 0 Å². The van der Waals surface area contributed by atoms with Gasteiger partial charge in [-0.3, -0.25) is 14.4 Å². The number of carboxylic acids is 2. The summed E-state index contributed by atoms with van der Waals surface area (Å²) in [6.07, 6.45) is 2.09. The first-order valence-corrected chi connectivity index (χ1v) is 9.04. The second-order valence-electron chi connectivity index (χ2n) is 7.48. The Labute approximate surface area is 153 Å². The first-order chi connectivity index (χ1) is 12.2. The Morgan fingerprint density at radius 2 is 1.54 bits per heavy atom. The maximum absolute atomic E-state index is 11.8. The number of hydrogen-bond acceptors (Lipinski definition) is 6. The minimum Gasteiger partial charge on any atom is -0.481 e. The van der Waals surface area contributed by atoms with E-state index in [-0.39, 0.29) is 38.1 Å². The Morgan fingerprint density at radius 1 is 0.962 bits per heavy atom. The van der Waals surface area contributed by atoms with Crippen molar-refractivity contribution in [3.05, 3.63) is 0 Å². The van der Waals surface area contributed by atoms with E-state index < -0.39 is 29.2 Å². The number of aliphatic carboxylic acids is 2. The molecule has 1 aliphatic carbocycles. The third-order valence-corrected chi connectivity index (χ3v) is 4.93. The van der Waals surface area contributed by atoms with Crippen molar-refractivity contribution in [1.29, 1.82) is 0 Å². The molecule has 0 amide bonds. The quantitative estimate of drug-likeness (QED) is 0.245. The summed E-state index contributed by atoms with van der Waals surface area (Å²) in [7, 11) is 0. The van der Waals surface area contributed by atoms with Crippen molar-refractivity contribution in [1.82, 2.24) is 0 Å². The zero-order chi connectivity index (χ0) is 19.7. The smallest absolute Gasteiger partial charge is 0.311 e. The van der Waals surface area contributed by atoms with Crippen molar-refractivity contribution in [3.63, 3.8) is 0 Å². The van der Waals surface area contributed by atoms with E-state index in [9.17, 15) is 14.4 Å². The minimum atomic E-state index is -0.973. The van der Waals surface area contributed by atoms with Gasteiger partial charge in [0.2, 0.25) is 0 Å². The van der Waals surface area contributed by atoms with Gasteiger partial charge in [-0.05, 0) is 45.4 Å². The SMILES string of the molecule is CCC(C)(C)C(=O)OCCCOOCC1CC(C(=O)O)CC(C(=O)O)C1. The van der Waals surface area contributed by atoms with Crippen molar-refractivity contribution in [2.45, 2.75) is 52.9 Å². The molecule has 0 heterocycles. The van der Waals surface area contributed by atoms with Crippen LogP contribution in [0.15, 0.2) is 0 Å². The zero-order valence-electron chi connectivity index (χ0n) is 15.7. The van der Waals surface area contributed by atoms with E-state index in [1.807, 2.05) is 20.8 Å². The molecule has 0 aliphatic heterocycles. The van der Waals surface area contributed by atoms with Gasteiger partial charge < -0.3 is 14.9 Å². The number of hydrogen-bond donors (Lipinski definition) is 2. The summed E-state index contributed by atoms with van der Waals surface area (Å²) in [5.41, 5.74) is -0.500. The number of rotatable bonds is 11. The lowest BCUT2D eigenvalue weighted by atomic mass is 9.75. The van der Waals surface area contributed by atoms with Gasteiger partial charge in [-0.1, -0.05) is 6.92 Å². The van der Waals surface area contributed by atoms with E-state index in [2.05, 4.69) is 0 Å². The van der Waals surface area contributed by atoms with Crippen LogP contribution in [-0.2, 0) is 28.9 Å². The van der Waals surface area contributed by atoms with Crippen molar-refractivity contribution in [2.75, 3.05) is 19.8 Å². The van der Waals surface area contributed by atoms with E-state index >= 15 is 0 Å². The molecule has 0 spiro atoms. The molecule has 0 radical (unpaired) electrons. The Morgan fingerprint density at radius 3 is 2.04 bits per heavy atom.